The number of aromatic amines is 1. The van der Waals surface area contributed by atoms with Gasteiger partial charge in [0.25, 0.3) is 5.56 Å². The summed E-state index contributed by atoms with van der Waals surface area (Å²) >= 11 is 0. The number of nitrogens with one attached hydrogen (secondary N) is 1. The Balaban J connectivity index is 2.13. The molecule has 1 unspecified atom stereocenters. The quantitative estimate of drug-likeness (QED) is 0.398. The molecule has 0 bridgehead atoms. The summed E-state index contributed by atoms with van der Waals surface area (Å²) in [6, 6.07) is 0. The van der Waals surface area contributed by atoms with Gasteiger partial charge in [-0.1, -0.05) is 0 Å². The van der Waals surface area contributed by atoms with Gasteiger partial charge in [-0.3, -0.25) is 4.79 Å². The Bertz CT molecular complexity index is 697. The van der Waals surface area contributed by atoms with Crippen molar-refractivity contribution >= 4 is 17.1 Å². The van der Waals surface area contributed by atoms with Crippen molar-refractivity contribution in [2.24, 2.45) is 0 Å². The van der Waals surface area contributed by atoms with Crippen LogP contribution in [0.3, 0.4) is 0 Å². The molecule has 3 rings (SSSR count). The van der Waals surface area contributed by atoms with Crippen LogP contribution in [0.5, 0.6) is 0 Å². The van der Waals surface area contributed by atoms with Crippen LogP contribution in [0.2, 0.25) is 0 Å². The Morgan fingerprint density at radius 2 is 2.20 bits per heavy atom. The van der Waals surface area contributed by atoms with Crippen LogP contribution in [-0.2, 0) is 4.74 Å². The number of hydrogen-bond donors (Lipinski definition) is 5. The molecule has 10 heteroatoms. The molecule has 2 aromatic heterocycles. The molecule has 108 valence electrons. The fourth-order valence-electron chi connectivity index (χ4n) is 2.25. The van der Waals surface area contributed by atoms with Crippen molar-refractivity contribution in [2.75, 3.05) is 12.3 Å². The summed E-state index contributed by atoms with van der Waals surface area (Å²) < 4.78 is 6.17. The highest BCUT2D eigenvalue weighted by Crippen LogP contribution is 2.29. The molecule has 10 nitrogen and oxygen atoms in total. The standard InChI is InChI=1S/C10H13N5O5/c11-10-14-7-4(12-2-13-7)8(19)15(10)9-6(18)5(17)3(1-16)20-9/h2-3,5-6,9,16-18H,1H2,(H2,11,14)(H,12,13)/t3-,5-,6+,9?/m1/s1. The number of fused-ring (bicyclic) bond motifs is 1. The zero-order valence-corrected chi connectivity index (χ0v) is 10.2. The predicted octanol–water partition coefficient (Wildman–Crippen LogP) is -2.69. The van der Waals surface area contributed by atoms with E-state index in [1.54, 1.807) is 0 Å². The zero-order chi connectivity index (χ0) is 14.4. The number of rotatable bonds is 2. The first kappa shape index (κ1) is 13.0. The summed E-state index contributed by atoms with van der Waals surface area (Å²) in [5.74, 6) is -0.193. The third-order valence-electron chi connectivity index (χ3n) is 3.29. The van der Waals surface area contributed by atoms with Crippen molar-refractivity contribution in [3.63, 3.8) is 0 Å². The minimum absolute atomic E-state index is 0.0388. The third kappa shape index (κ3) is 1.70. The van der Waals surface area contributed by atoms with Crippen LogP contribution in [0.25, 0.3) is 11.2 Å². The molecule has 0 aromatic carbocycles. The van der Waals surface area contributed by atoms with Gasteiger partial charge in [0.05, 0.1) is 12.9 Å². The second kappa shape index (κ2) is 4.52. The van der Waals surface area contributed by atoms with Gasteiger partial charge in [0, 0.05) is 0 Å². The molecule has 0 spiro atoms. The number of anilines is 1. The number of ether oxygens (including phenoxy) is 1. The topological polar surface area (TPSA) is 160 Å². The zero-order valence-electron chi connectivity index (χ0n) is 10.2. The molecule has 2 aromatic rings. The minimum Gasteiger partial charge on any atom is -0.394 e. The van der Waals surface area contributed by atoms with Gasteiger partial charge in [-0.15, -0.1) is 0 Å². The van der Waals surface area contributed by atoms with E-state index >= 15 is 0 Å². The minimum atomic E-state index is -1.41. The fraction of sp³-hybridized carbons (Fsp3) is 0.500. The van der Waals surface area contributed by atoms with Crippen molar-refractivity contribution in [3.05, 3.63) is 16.7 Å². The average molecular weight is 283 g/mol. The van der Waals surface area contributed by atoms with Crippen LogP contribution >= 0.6 is 0 Å². The molecule has 0 saturated carbocycles. The number of H-pyrrole nitrogens is 1. The van der Waals surface area contributed by atoms with Crippen LogP contribution in [-0.4, -0.2) is 59.8 Å². The van der Waals surface area contributed by atoms with Gasteiger partial charge in [0.2, 0.25) is 5.95 Å². The van der Waals surface area contributed by atoms with Crippen molar-refractivity contribution < 1.29 is 20.1 Å². The van der Waals surface area contributed by atoms with Gasteiger partial charge in [-0.05, 0) is 0 Å². The molecule has 20 heavy (non-hydrogen) atoms. The van der Waals surface area contributed by atoms with E-state index in [0.29, 0.717) is 0 Å². The molecule has 1 fully saturated rings. The van der Waals surface area contributed by atoms with E-state index in [1.807, 2.05) is 0 Å². The van der Waals surface area contributed by atoms with Gasteiger partial charge in [0.1, 0.15) is 18.3 Å². The Hall–Kier alpha value is -2.01. The summed E-state index contributed by atoms with van der Waals surface area (Å²) in [5, 5.41) is 28.7. The van der Waals surface area contributed by atoms with Crippen molar-refractivity contribution in [1.82, 2.24) is 19.5 Å². The lowest BCUT2D eigenvalue weighted by Crippen LogP contribution is -2.36. The largest absolute Gasteiger partial charge is 0.394 e. The van der Waals surface area contributed by atoms with Gasteiger partial charge in [-0.25, -0.2) is 9.55 Å². The van der Waals surface area contributed by atoms with Crippen molar-refractivity contribution in [1.29, 1.82) is 0 Å². The molecule has 1 saturated heterocycles. The molecular formula is C10H13N5O5. The monoisotopic (exact) mass is 283 g/mol. The Morgan fingerprint density at radius 1 is 1.45 bits per heavy atom. The average Bonchev–Trinajstić information content (AvgIpc) is 2.98. The van der Waals surface area contributed by atoms with Crippen LogP contribution in [0.15, 0.2) is 11.1 Å². The molecule has 4 atom stereocenters. The lowest BCUT2D eigenvalue weighted by Gasteiger charge is -2.18. The number of aliphatic hydroxyl groups is 3. The number of imidazole rings is 1. The summed E-state index contributed by atoms with van der Waals surface area (Å²) in [6.07, 6.45) is -3.68. The highest BCUT2D eigenvalue weighted by atomic mass is 16.6. The molecule has 0 aliphatic carbocycles. The molecule has 0 radical (unpaired) electrons. The van der Waals surface area contributed by atoms with Crippen LogP contribution in [0.1, 0.15) is 6.23 Å². The number of hydrogen-bond acceptors (Lipinski definition) is 8. The van der Waals surface area contributed by atoms with Gasteiger partial charge >= 0.3 is 0 Å². The highest BCUT2D eigenvalue weighted by molar-refractivity contribution is 5.69. The number of nitrogen functional groups attached to an aromatic ring is 1. The van der Waals surface area contributed by atoms with Crippen LogP contribution in [0, 0.1) is 0 Å². The number of aliphatic hydroxyl groups excluding tert-OH is 3. The fourth-order valence-corrected chi connectivity index (χ4v) is 2.25. The molecule has 6 N–H and O–H groups in total. The number of aromatic nitrogens is 4. The van der Waals surface area contributed by atoms with Crippen LogP contribution in [0.4, 0.5) is 5.95 Å². The summed E-state index contributed by atoms with van der Waals surface area (Å²) in [7, 11) is 0. The molecule has 1 aliphatic rings. The second-order valence-corrected chi connectivity index (χ2v) is 4.47. The van der Waals surface area contributed by atoms with Crippen molar-refractivity contribution in [3.8, 4) is 0 Å². The number of nitrogens with zero attached hydrogens (tertiary/aromatic N) is 3. The Kier molecular flexibility index (Phi) is 2.94. The lowest BCUT2D eigenvalue weighted by atomic mass is 10.1. The Morgan fingerprint density at radius 3 is 2.85 bits per heavy atom. The first-order chi connectivity index (χ1) is 9.54. The maximum Gasteiger partial charge on any atom is 0.285 e. The van der Waals surface area contributed by atoms with E-state index in [1.165, 1.54) is 6.33 Å². The van der Waals surface area contributed by atoms with Gasteiger partial charge in [-0.2, -0.15) is 4.98 Å². The third-order valence-corrected chi connectivity index (χ3v) is 3.29. The maximum absolute atomic E-state index is 12.3. The molecule has 0 amide bonds. The highest BCUT2D eigenvalue weighted by Gasteiger charge is 2.44. The van der Waals surface area contributed by atoms with E-state index in [9.17, 15) is 15.0 Å². The first-order valence-corrected chi connectivity index (χ1v) is 5.88. The van der Waals surface area contributed by atoms with E-state index in [2.05, 4.69) is 15.0 Å². The lowest BCUT2D eigenvalue weighted by molar-refractivity contribution is -0.0534. The van der Waals surface area contributed by atoms with Crippen molar-refractivity contribution in [2.45, 2.75) is 24.5 Å². The summed E-state index contributed by atoms with van der Waals surface area (Å²) in [5.41, 5.74) is 5.34. The van der Waals surface area contributed by atoms with Crippen LogP contribution < -0.4 is 11.3 Å². The predicted molar refractivity (Wildman–Crippen MR) is 65.6 cm³/mol. The Labute approximate surface area is 111 Å². The molecule has 1 aliphatic heterocycles. The van der Waals surface area contributed by atoms with E-state index in [0.717, 1.165) is 4.57 Å². The SMILES string of the molecule is Nc1nc2[nH]cnc2c(=O)n1C1O[C@H](CO)[C@@H](O)[C@@H]1O. The molecular weight excluding hydrogens is 270 g/mol. The van der Waals surface area contributed by atoms with E-state index in [4.69, 9.17) is 15.6 Å². The molecule has 3 heterocycles. The first-order valence-electron chi connectivity index (χ1n) is 5.88. The summed E-state index contributed by atoms with van der Waals surface area (Å²) in [6.45, 7) is -0.499. The normalized spacial score (nSPS) is 30.1. The second-order valence-electron chi connectivity index (χ2n) is 4.47. The smallest absolute Gasteiger partial charge is 0.285 e. The van der Waals surface area contributed by atoms with E-state index < -0.39 is 36.7 Å². The van der Waals surface area contributed by atoms with E-state index in [-0.39, 0.29) is 17.1 Å². The van der Waals surface area contributed by atoms with Gasteiger partial charge in [0.15, 0.2) is 17.4 Å². The number of nitrogens with two attached hydrogens (primary N) is 1. The van der Waals surface area contributed by atoms with Gasteiger partial charge < -0.3 is 30.8 Å². The summed E-state index contributed by atoms with van der Waals surface area (Å²) in [4.78, 5) is 22.7. The maximum atomic E-state index is 12.3.